The topological polar surface area (TPSA) is 65.8 Å². The first-order valence-electron chi connectivity index (χ1n) is 7.75. The Labute approximate surface area is 147 Å². The zero-order valence-electron chi connectivity index (χ0n) is 14.6. The van der Waals surface area contributed by atoms with Crippen LogP contribution in [0.3, 0.4) is 0 Å². The number of pyridine rings is 1. The summed E-state index contributed by atoms with van der Waals surface area (Å²) in [5, 5.41) is 12.6. The third kappa shape index (κ3) is 4.15. The van der Waals surface area contributed by atoms with Crippen LogP contribution in [-0.4, -0.2) is 16.1 Å². The summed E-state index contributed by atoms with van der Waals surface area (Å²) < 4.78 is 0. The molecule has 24 heavy (non-hydrogen) atoms. The molecule has 0 fully saturated rings. The molecule has 124 valence electrons. The number of nitrogens with one attached hydrogen (secondary N) is 1. The third-order valence-electron chi connectivity index (χ3n) is 3.73. The fourth-order valence-corrected chi connectivity index (χ4v) is 3.37. The summed E-state index contributed by atoms with van der Waals surface area (Å²) in [7, 11) is 0. The van der Waals surface area contributed by atoms with Gasteiger partial charge in [0.1, 0.15) is 11.1 Å². The second kappa shape index (κ2) is 7.50. The molecule has 1 heterocycles. The SMILES string of the molecule is Cc1ccc(C)c(NC(=O)C(C)Sc2nc(C)cc(C)c2C#N)c1. The van der Waals surface area contributed by atoms with Crippen molar-refractivity contribution in [2.24, 2.45) is 0 Å². The highest BCUT2D eigenvalue weighted by molar-refractivity contribution is 8.00. The van der Waals surface area contributed by atoms with E-state index in [1.54, 1.807) is 0 Å². The molecule has 1 aromatic carbocycles. The molecule has 1 atom stereocenters. The number of amides is 1. The number of aryl methyl sites for hydroxylation is 4. The molecule has 0 saturated heterocycles. The van der Waals surface area contributed by atoms with E-state index >= 15 is 0 Å². The van der Waals surface area contributed by atoms with E-state index in [1.165, 1.54) is 11.8 Å². The molecule has 5 heteroatoms. The van der Waals surface area contributed by atoms with E-state index in [-0.39, 0.29) is 11.2 Å². The molecule has 1 N–H and O–H groups in total. The molecule has 1 amide bonds. The highest BCUT2D eigenvalue weighted by atomic mass is 32.2. The van der Waals surface area contributed by atoms with Gasteiger partial charge in [0.2, 0.25) is 5.91 Å². The highest BCUT2D eigenvalue weighted by Crippen LogP contribution is 2.28. The third-order valence-corrected chi connectivity index (χ3v) is 4.82. The molecule has 4 nitrogen and oxygen atoms in total. The number of anilines is 1. The molecule has 0 radical (unpaired) electrons. The van der Waals surface area contributed by atoms with E-state index in [9.17, 15) is 10.1 Å². The average Bonchev–Trinajstić information content (AvgIpc) is 2.50. The van der Waals surface area contributed by atoms with Gasteiger partial charge in [-0.3, -0.25) is 4.79 Å². The minimum Gasteiger partial charge on any atom is -0.325 e. The van der Waals surface area contributed by atoms with Gasteiger partial charge in [-0.05, 0) is 63.4 Å². The summed E-state index contributed by atoms with van der Waals surface area (Å²) in [4.78, 5) is 16.9. The maximum absolute atomic E-state index is 12.5. The summed E-state index contributed by atoms with van der Waals surface area (Å²) >= 11 is 1.31. The van der Waals surface area contributed by atoms with Crippen molar-refractivity contribution in [3.05, 3.63) is 52.2 Å². The van der Waals surface area contributed by atoms with Gasteiger partial charge in [-0.25, -0.2) is 4.98 Å². The Kier molecular flexibility index (Phi) is 5.63. The van der Waals surface area contributed by atoms with Crippen molar-refractivity contribution < 1.29 is 4.79 Å². The Bertz CT molecular complexity index is 824. The zero-order valence-corrected chi connectivity index (χ0v) is 15.4. The van der Waals surface area contributed by atoms with Gasteiger partial charge in [0.25, 0.3) is 0 Å². The number of benzene rings is 1. The van der Waals surface area contributed by atoms with Gasteiger partial charge in [0, 0.05) is 11.4 Å². The van der Waals surface area contributed by atoms with Gasteiger partial charge in [-0.1, -0.05) is 23.9 Å². The second-order valence-corrected chi connectivity index (χ2v) is 7.27. The van der Waals surface area contributed by atoms with E-state index < -0.39 is 0 Å². The first-order chi connectivity index (χ1) is 11.3. The van der Waals surface area contributed by atoms with Crippen molar-refractivity contribution in [3.8, 4) is 6.07 Å². The summed E-state index contributed by atoms with van der Waals surface area (Å²) in [6.45, 7) is 9.56. The van der Waals surface area contributed by atoms with Gasteiger partial charge < -0.3 is 5.32 Å². The number of rotatable bonds is 4. The van der Waals surface area contributed by atoms with E-state index in [4.69, 9.17) is 0 Å². The van der Waals surface area contributed by atoms with Crippen molar-refractivity contribution >= 4 is 23.4 Å². The first-order valence-corrected chi connectivity index (χ1v) is 8.63. The van der Waals surface area contributed by atoms with Gasteiger partial charge in [-0.15, -0.1) is 0 Å². The van der Waals surface area contributed by atoms with E-state index in [0.717, 1.165) is 28.1 Å². The number of carbonyl (C=O) groups excluding carboxylic acids is 1. The van der Waals surface area contributed by atoms with Crippen molar-refractivity contribution in [1.29, 1.82) is 5.26 Å². The van der Waals surface area contributed by atoms with Crippen LogP contribution in [0.25, 0.3) is 0 Å². The van der Waals surface area contributed by atoms with Gasteiger partial charge in [0.05, 0.1) is 10.8 Å². The van der Waals surface area contributed by atoms with Crippen LogP contribution in [0.4, 0.5) is 5.69 Å². The normalized spacial score (nSPS) is 11.7. The Morgan fingerprint density at radius 2 is 1.92 bits per heavy atom. The number of nitrogens with zero attached hydrogens (tertiary/aromatic N) is 2. The highest BCUT2D eigenvalue weighted by Gasteiger charge is 2.19. The van der Waals surface area contributed by atoms with Crippen LogP contribution in [0.5, 0.6) is 0 Å². The Morgan fingerprint density at radius 1 is 1.21 bits per heavy atom. The number of hydrogen-bond donors (Lipinski definition) is 1. The summed E-state index contributed by atoms with van der Waals surface area (Å²) in [5.74, 6) is -0.0986. The van der Waals surface area contributed by atoms with Crippen molar-refractivity contribution in [2.75, 3.05) is 5.32 Å². The maximum atomic E-state index is 12.5. The lowest BCUT2D eigenvalue weighted by atomic mass is 10.1. The van der Waals surface area contributed by atoms with Crippen LogP contribution in [0, 0.1) is 39.0 Å². The molecular formula is C19H21N3OS. The molecule has 1 unspecified atom stereocenters. The van der Waals surface area contributed by atoms with Crippen molar-refractivity contribution in [1.82, 2.24) is 4.98 Å². The van der Waals surface area contributed by atoms with Crippen LogP contribution in [0.15, 0.2) is 29.3 Å². The Balaban J connectivity index is 2.18. The lowest BCUT2D eigenvalue weighted by Crippen LogP contribution is -2.23. The predicted octanol–water partition coefficient (Wildman–Crippen LogP) is 4.31. The molecule has 0 aliphatic heterocycles. The Hall–Kier alpha value is -2.32. The summed E-state index contributed by atoms with van der Waals surface area (Å²) in [6.07, 6.45) is 0. The second-order valence-electron chi connectivity index (χ2n) is 5.94. The van der Waals surface area contributed by atoms with Crippen LogP contribution in [0.2, 0.25) is 0 Å². The van der Waals surface area contributed by atoms with Crippen molar-refractivity contribution in [3.63, 3.8) is 0 Å². The summed E-state index contributed by atoms with van der Waals surface area (Å²) in [6, 6.07) is 10.0. The minimum atomic E-state index is -0.356. The van der Waals surface area contributed by atoms with Crippen LogP contribution in [0.1, 0.15) is 34.9 Å². The molecule has 0 bridgehead atoms. The average molecular weight is 339 g/mol. The monoisotopic (exact) mass is 339 g/mol. The van der Waals surface area contributed by atoms with E-state index in [0.29, 0.717) is 10.6 Å². The molecular weight excluding hydrogens is 318 g/mol. The quantitative estimate of drug-likeness (QED) is 0.843. The molecule has 0 saturated carbocycles. The minimum absolute atomic E-state index is 0.0986. The fraction of sp³-hybridized carbons (Fsp3) is 0.316. The zero-order chi connectivity index (χ0) is 17.9. The molecule has 0 aliphatic carbocycles. The van der Waals surface area contributed by atoms with Gasteiger partial charge in [0.15, 0.2) is 0 Å². The molecule has 1 aromatic heterocycles. The summed E-state index contributed by atoms with van der Waals surface area (Å²) in [5.41, 5.74) is 5.21. The van der Waals surface area contributed by atoms with Crippen LogP contribution < -0.4 is 5.32 Å². The number of carbonyl (C=O) groups is 1. The number of thioether (sulfide) groups is 1. The van der Waals surface area contributed by atoms with Gasteiger partial charge >= 0.3 is 0 Å². The standard InChI is InChI=1S/C19H21N3OS/c1-11-6-7-12(2)17(8-11)22-18(23)15(5)24-19-16(10-20)13(3)9-14(4)21-19/h6-9,15H,1-5H3,(H,22,23). The largest absolute Gasteiger partial charge is 0.325 e. The number of hydrogen-bond acceptors (Lipinski definition) is 4. The fourth-order valence-electron chi connectivity index (χ4n) is 2.35. The van der Waals surface area contributed by atoms with E-state index in [2.05, 4.69) is 16.4 Å². The molecule has 2 aromatic rings. The smallest absolute Gasteiger partial charge is 0.237 e. The molecule has 0 aliphatic rings. The van der Waals surface area contributed by atoms with Crippen molar-refractivity contribution in [2.45, 2.75) is 44.9 Å². The predicted molar refractivity (Wildman–Crippen MR) is 98.3 cm³/mol. The lowest BCUT2D eigenvalue weighted by molar-refractivity contribution is -0.115. The van der Waals surface area contributed by atoms with Gasteiger partial charge in [-0.2, -0.15) is 5.26 Å². The molecule has 0 spiro atoms. The van der Waals surface area contributed by atoms with Crippen LogP contribution >= 0.6 is 11.8 Å². The Morgan fingerprint density at radius 3 is 2.58 bits per heavy atom. The first kappa shape index (κ1) is 18.0. The molecule has 2 rings (SSSR count). The number of aromatic nitrogens is 1. The van der Waals surface area contributed by atoms with Crippen LogP contribution in [-0.2, 0) is 4.79 Å². The number of nitriles is 1. The maximum Gasteiger partial charge on any atom is 0.237 e. The van der Waals surface area contributed by atoms with E-state index in [1.807, 2.05) is 58.9 Å². The lowest BCUT2D eigenvalue weighted by Gasteiger charge is -2.15.